The third kappa shape index (κ3) is 0.882. The molecular formula is C10H17NO. The Bertz CT molecular complexity index is 174. The van der Waals surface area contributed by atoms with Crippen molar-refractivity contribution in [3.05, 3.63) is 0 Å². The molecule has 68 valence electrons. The third-order valence-electron chi connectivity index (χ3n) is 3.87. The van der Waals surface area contributed by atoms with Crippen LogP contribution >= 0.6 is 0 Å². The van der Waals surface area contributed by atoms with E-state index >= 15 is 0 Å². The summed E-state index contributed by atoms with van der Waals surface area (Å²) in [6.45, 7) is 1.18. The van der Waals surface area contributed by atoms with Gasteiger partial charge in [0.2, 0.25) is 0 Å². The number of nitrogens with one attached hydrogen (secondary N) is 1. The van der Waals surface area contributed by atoms with Crippen LogP contribution in [-0.4, -0.2) is 17.9 Å². The average molecular weight is 167 g/mol. The maximum Gasteiger partial charge on any atom is 0.119 e. The summed E-state index contributed by atoms with van der Waals surface area (Å²) in [5, 5.41) is 3.53. The van der Waals surface area contributed by atoms with Crippen molar-refractivity contribution in [2.75, 3.05) is 6.54 Å². The molecule has 1 aliphatic heterocycles. The van der Waals surface area contributed by atoms with Crippen LogP contribution in [0.2, 0.25) is 0 Å². The minimum Gasteiger partial charge on any atom is -0.354 e. The molecule has 1 N–H and O–H groups in total. The summed E-state index contributed by atoms with van der Waals surface area (Å²) in [6.07, 6.45) is 9.10. The molecule has 2 nitrogen and oxygen atoms in total. The Kier molecular flexibility index (Phi) is 1.37. The lowest BCUT2D eigenvalue weighted by atomic mass is 9.74. The molecular weight excluding hydrogens is 150 g/mol. The van der Waals surface area contributed by atoms with Crippen molar-refractivity contribution < 1.29 is 4.74 Å². The molecule has 0 aromatic carbocycles. The van der Waals surface area contributed by atoms with Crippen molar-refractivity contribution in [2.45, 2.75) is 56.3 Å². The molecule has 3 fully saturated rings. The fraction of sp³-hybridized carbons (Fsp3) is 1.00. The summed E-state index contributed by atoms with van der Waals surface area (Å²) in [5.41, 5.74) is 0.463. The Balaban J connectivity index is 1.74. The number of hydrogen-bond donors (Lipinski definition) is 1. The van der Waals surface area contributed by atoms with E-state index < -0.39 is 0 Å². The Hall–Kier alpha value is -0.0800. The van der Waals surface area contributed by atoms with E-state index in [1.54, 1.807) is 0 Å². The SMILES string of the molecule is C1CC2(C1)CCNC1(CCC1)O2. The first-order valence-electron chi connectivity index (χ1n) is 5.28. The zero-order chi connectivity index (χ0) is 8.07. The second kappa shape index (κ2) is 2.24. The van der Waals surface area contributed by atoms with Crippen molar-refractivity contribution in [2.24, 2.45) is 0 Å². The van der Waals surface area contributed by atoms with Gasteiger partial charge in [-0.2, -0.15) is 0 Å². The molecule has 2 heteroatoms. The molecule has 2 saturated carbocycles. The molecule has 0 atom stereocenters. The molecule has 12 heavy (non-hydrogen) atoms. The number of hydrogen-bond acceptors (Lipinski definition) is 2. The maximum absolute atomic E-state index is 6.22. The van der Waals surface area contributed by atoms with Crippen LogP contribution in [0, 0.1) is 0 Å². The number of rotatable bonds is 0. The van der Waals surface area contributed by atoms with E-state index in [4.69, 9.17) is 4.74 Å². The lowest BCUT2D eigenvalue weighted by Gasteiger charge is -2.56. The molecule has 2 aliphatic carbocycles. The molecule has 2 spiro atoms. The Morgan fingerprint density at radius 3 is 2.17 bits per heavy atom. The van der Waals surface area contributed by atoms with Gasteiger partial charge in [0.05, 0.1) is 5.60 Å². The zero-order valence-electron chi connectivity index (χ0n) is 7.57. The summed E-state index contributed by atoms with van der Waals surface area (Å²) < 4.78 is 6.22. The highest BCUT2D eigenvalue weighted by atomic mass is 16.5. The van der Waals surface area contributed by atoms with Crippen LogP contribution in [0.15, 0.2) is 0 Å². The van der Waals surface area contributed by atoms with E-state index in [0.29, 0.717) is 5.60 Å². The molecule has 0 bridgehead atoms. The van der Waals surface area contributed by atoms with E-state index in [2.05, 4.69) is 5.32 Å². The predicted molar refractivity (Wildman–Crippen MR) is 46.9 cm³/mol. The smallest absolute Gasteiger partial charge is 0.119 e. The molecule has 1 saturated heterocycles. The van der Waals surface area contributed by atoms with Crippen molar-refractivity contribution in [1.29, 1.82) is 0 Å². The van der Waals surface area contributed by atoms with Gasteiger partial charge in [0.1, 0.15) is 5.72 Å². The first-order chi connectivity index (χ1) is 5.83. The van der Waals surface area contributed by atoms with Crippen molar-refractivity contribution in [1.82, 2.24) is 5.32 Å². The van der Waals surface area contributed by atoms with Crippen LogP contribution in [0.1, 0.15) is 44.9 Å². The van der Waals surface area contributed by atoms with Gasteiger partial charge in [-0.05, 0) is 44.9 Å². The topological polar surface area (TPSA) is 21.3 Å². The largest absolute Gasteiger partial charge is 0.354 e. The highest BCUT2D eigenvalue weighted by Gasteiger charge is 2.51. The van der Waals surface area contributed by atoms with Gasteiger partial charge >= 0.3 is 0 Å². The van der Waals surface area contributed by atoms with Crippen molar-refractivity contribution in [3.63, 3.8) is 0 Å². The van der Waals surface area contributed by atoms with Crippen LogP contribution in [-0.2, 0) is 4.74 Å². The molecule has 3 aliphatic rings. The van der Waals surface area contributed by atoms with E-state index in [9.17, 15) is 0 Å². The normalized spacial score (nSPS) is 36.0. The molecule has 0 amide bonds. The second-order valence-electron chi connectivity index (χ2n) is 4.66. The van der Waals surface area contributed by atoms with Crippen LogP contribution in [0.3, 0.4) is 0 Å². The van der Waals surface area contributed by atoms with Gasteiger partial charge in [-0.25, -0.2) is 0 Å². The molecule has 0 radical (unpaired) electrons. The summed E-state index contributed by atoms with van der Waals surface area (Å²) in [7, 11) is 0. The molecule has 3 rings (SSSR count). The Morgan fingerprint density at radius 2 is 1.67 bits per heavy atom. The van der Waals surface area contributed by atoms with Gasteiger partial charge in [0.15, 0.2) is 0 Å². The van der Waals surface area contributed by atoms with Crippen molar-refractivity contribution in [3.8, 4) is 0 Å². The summed E-state index contributed by atoms with van der Waals surface area (Å²) in [5.74, 6) is 0. The van der Waals surface area contributed by atoms with E-state index in [0.717, 1.165) is 0 Å². The van der Waals surface area contributed by atoms with E-state index in [-0.39, 0.29) is 5.72 Å². The van der Waals surface area contributed by atoms with Gasteiger partial charge < -0.3 is 4.74 Å². The van der Waals surface area contributed by atoms with E-state index in [1.807, 2.05) is 0 Å². The van der Waals surface area contributed by atoms with Gasteiger partial charge in [-0.1, -0.05) is 0 Å². The summed E-state index contributed by atoms with van der Waals surface area (Å²) in [6, 6.07) is 0. The third-order valence-corrected chi connectivity index (χ3v) is 3.87. The van der Waals surface area contributed by atoms with Crippen LogP contribution in [0.25, 0.3) is 0 Å². The first-order valence-corrected chi connectivity index (χ1v) is 5.28. The fourth-order valence-electron chi connectivity index (χ4n) is 2.72. The zero-order valence-corrected chi connectivity index (χ0v) is 7.57. The Labute approximate surface area is 73.7 Å². The van der Waals surface area contributed by atoms with Crippen LogP contribution < -0.4 is 5.32 Å². The highest BCUT2D eigenvalue weighted by molar-refractivity contribution is 5.00. The van der Waals surface area contributed by atoms with Crippen molar-refractivity contribution >= 4 is 0 Å². The Morgan fingerprint density at radius 1 is 0.917 bits per heavy atom. The average Bonchev–Trinajstić information content (AvgIpc) is 1.99. The number of ether oxygens (including phenoxy) is 1. The minimum atomic E-state index is 0.138. The van der Waals surface area contributed by atoms with Gasteiger partial charge in [0, 0.05) is 6.54 Å². The molecule has 0 unspecified atom stereocenters. The lowest BCUT2D eigenvalue weighted by molar-refractivity contribution is -0.257. The lowest BCUT2D eigenvalue weighted by Crippen LogP contribution is -2.64. The monoisotopic (exact) mass is 167 g/mol. The fourth-order valence-corrected chi connectivity index (χ4v) is 2.72. The summed E-state index contributed by atoms with van der Waals surface area (Å²) in [4.78, 5) is 0. The quantitative estimate of drug-likeness (QED) is 0.594. The van der Waals surface area contributed by atoms with E-state index in [1.165, 1.54) is 51.5 Å². The first kappa shape index (κ1) is 7.34. The van der Waals surface area contributed by atoms with Gasteiger partial charge in [0.25, 0.3) is 0 Å². The molecule has 1 heterocycles. The van der Waals surface area contributed by atoms with Gasteiger partial charge in [-0.15, -0.1) is 0 Å². The summed E-state index contributed by atoms with van der Waals surface area (Å²) >= 11 is 0. The molecule has 0 aromatic heterocycles. The second-order valence-corrected chi connectivity index (χ2v) is 4.66. The van der Waals surface area contributed by atoms with Gasteiger partial charge in [-0.3, -0.25) is 5.32 Å². The molecule has 0 aromatic rings. The standard InChI is InChI=1S/C10H17NO/c1-3-9(4-1)7-8-11-10(12-9)5-2-6-10/h11H,1-8H2. The van der Waals surface area contributed by atoms with Crippen LogP contribution in [0.4, 0.5) is 0 Å². The predicted octanol–water partition coefficient (Wildman–Crippen LogP) is 1.80. The maximum atomic E-state index is 6.22. The van der Waals surface area contributed by atoms with Crippen LogP contribution in [0.5, 0.6) is 0 Å². The highest BCUT2D eigenvalue weighted by Crippen LogP contribution is 2.48. The minimum absolute atomic E-state index is 0.138.